The molecule has 0 radical (unpaired) electrons. The number of esters is 2. The Morgan fingerprint density at radius 2 is 0.970 bits per heavy atom. The molecular formula is C51H84O15. The summed E-state index contributed by atoms with van der Waals surface area (Å²) in [6.07, 6.45) is 26.6. The molecule has 0 spiro atoms. The number of aliphatic hydroxyl groups is 7. The third-order valence-corrected chi connectivity index (χ3v) is 11.2. The Morgan fingerprint density at radius 1 is 0.500 bits per heavy atom. The number of aliphatic hydroxyl groups excluding tert-OH is 7. The predicted molar refractivity (Wildman–Crippen MR) is 252 cm³/mol. The molecule has 7 N–H and O–H groups in total. The van der Waals surface area contributed by atoms with Crippen molar-refractivity contribution in [1.29, 1.82) is 0 Å². The highest BCUT2D eigenvalue weighted by atomic mass is 16.7. The Labute approximate surface area is 393 Å². The van der Waals surface area contributed by atoms with E-state index in [0.717, 1.165) is 70.6 Å². The molecule has 0 amide bonds. The average Bonchev–Trinajstić information content (AvgIpc) is 3.31. The van der Waals surface area contributed by atoms with Crippen LogP contribution in [0.1, 0.15) is 142 Å². The Bertz CT molecular complexity index is 1430. The van der Waals surface area contributed by atoms with Crippen LogP contribution in [0.25, 0.3) is 0 Å². The zero-order valence-electron chi connectivity index (χ0n) is 39.6. The summed E-state index contributed by atoms with van der Waals surface area (Å²) in [5.74, 6) is -1.01. The van der Waals surface area contributed by atoms with E-state index in [0.29, 0.717) is 19.3 Å². The van der Waals surface area contributed by atoms with Crippen LogP contribution in [0, 0.1) is 0 Å². The SMILES string of the molecule is CC/C=C/C/C=C/C/C=C/C/C=C/C/C=C/CCCC(=O)O[C@H](COC(=O)CCCCCCC/C=C/CCCCCC)CO[C@H]1O[C@@H](CO[C@H]2O[C@@H](CO)[C@@H](O)C(O)C2O)[C@@H](O)C(O)C1O. The molecule has 2 heterocycles. The number of rotatable bonds is 36. The lowest BCUT2D eigenvalue weighted by molar-refractivity contribution is -0.332. The average molecular weight is 937 g/mol. The van der Waals surface area contributed by atoms with Crippen molar-refractivity contribution in [3.63, 3.8) is 0 Å². The van der Waals surface area contributed by atoms with E-state index in [4.69, 9.17) is 28.4 Å². The minimum absolute atomic E-state index is 0.0817. The van der Waals surface area contributed by atoms with Crippen LogP contribution in [0.3, 0.4) is 0 Å². The molecule has 2 aliphatic rings. The van der Waals surface area contributed by atoms with Crippen LogP contribution in [0.5, 0.6) is 0 Å². The summed E-state index contributed by atoms with van der Waals surface area (Å²) in [4.78, 5) is 25.7. The molecule has 2 rings (SSSR count). The normalized spacial score (nSPS) is 26.8. The van der Waals surface area contributed by atoms with Crippen LogP contribution in [-0.4, -0.2) is 142 Å². The van der Waals surface area contributed by atoms with Gasteiger partial charge in [0, 0.05) is 12.8 Å². The lowest BCUT2D eigenvalue weighted by Gasteiger charge is -2.42. The number of carbonyl (C=O) groups is 2. The van der Waals surface area contributed by atoms with Gasteiger partial charge in [-0.1, -0.05) is 125 Å². The predicted octanol–water partition coefficient (Wildman–Crippen LogP) is 6.26. The number of hydrogen-bond donors (Lipinski definition) is 7. The lowest BCUT2D eigenvalue weighted by atomic mass is 9.98. The second-order valence-electron chi connectivity index (χ2n) is 16.9. The fourth-order valence-electron chi connectivity index (χ4n) is 7.13. The highest BCUT2D eigenvalue weighted by Crippen LogP contribution is 2.26. The third kappa shape index (κ3) is 25.9. The van der Waals surface area contributed by atoms with E-state index < -0.39 is 99.3 Å². The highest BCUT2D eigenvalue weighted by molar-refractivity contribution is 5.70. The summed E-state index contributed by atoms with van der Waals surface area (Å²) in [6, 6.07) is 0. The number of hydrogen-bond acceptors (Lipinski definition) is 15. The molecule has 0 aliphatic carbocycles. The minimum Gasteiger partial charge on any atom is -0.462 e. The summed E-state index contributed by atoms with van der Waals surface area (Å²) < 4.78 is 33.4. The first-order valence-corrected chi connectivity index (χ1v) is 24.5. The molecule has 0 aromatic carbocycles. The molecule has 15 heteroatoms. The van der Waals surface area contributed by atoms with Gasteiger partial charge in [0.15, 0.2) is 18.7 Å². The van der Waals surface area contributed by atoms with Gasteiger partial charge in [-0.2, -0.15) is 0 Å². The van der Waals surface area contributed by atoms with E-state index in [-0.39, 0.29) is 19.4 Å². The fourth-order valence-corrected chi connectivity index (χ4v) is 7.13. The monoisotopic (exact) mass is 937 g/mol. The second kappa shape index (κ2) is 37.9. The highest BCUT2D eigenvalue weighted by Gasteiger charge is 2.47. The first kappa shape index (κ1) is 59.1. The third-order valence-electron chi connectivity index (χ3n) is 11.2. The topological polar surface area (TPSA) is 231 Å². The summed E-state index contributed by atoms with van der Waals surface area (Å²) in [6.45, 7) is 2.36. The summed E-state index contributed by atoms with van der Waals surface area (Å²) in [7, 11) is 0. The van der Waals surface area contributed by atoms with Crippen LogP contribution in [0.2, 0.25) is 0 Å². The molecule has 0 saturated carbocycles. The van der Waals surface area contributed by atoms with E-state index >= 15 is 0 Å². The number of unbranched alkanes of at least 4 members (excludes halogenated alkanes) is 10. The van der Waals surface area contributed by atoms with Gasteiger partial charge in [-0.05, 0) is 77.0 Å². The van der Waals surface area contributed by atoms with Gasteiger partial charge in [0.05, 0.1) is 19.8 Å². The maximum absolute atomic E-state index is 13.0. The van der Waals surface area contributed by atoms with Crippen molar-refractivity contribution in [1.82, 2.24) is 0 Å². The van der Waals surface area contributed by atoms with Crippen molar-refractivity contribution in [2.24, 2.45) is 0 Å². The summed E-state index contributed by atoms with van der Waals surface area (Å²) in [5, 5.41) is 72.0. The maximum Gasteiger partial charge on any atom is 0.306 e. The molecule has 4 unspecified atom stereocenters. The first-order chi connectivity index (χ1) is 32.0. The van der Waals surface area contributed by atoms with Crippen molar-refractivity contribution >= 4 is 11.9 Å². The van der Waals surface area contributed by atoms with Gasteiger partial charge in [0.1, 0.15) is 55.4 Å². The standard InChI is InChI=1S/C51H84O15/c1-3-5-7-9-11-13-15-17-18-19-20-22-24-26-28-30-32-34-43(54)64-39(36-61-42(53)33-31-29-27-25-23-21-16-14-12-10-8-6-4-2)37-62-50-49(60)47(58)45(56)41(66-50)38-63-51-48(59)46(57)44(55)40(35-52)65-51/h5,7,11,13-14,16-18,20,22,26,28,39-41,44-52,55-60H,3-4,6,8-10,12,15,19,21,23-25,27,29-38H2,1-2H3/b7-5+,13-11+,16-14+,18-17+,22-20+,28-26+/t39-,40+,41+,44-,45-,46?,47?,48?,49?,50+,51+/m1/s1. The van der Waals surface area contributed by atoms with Crippen molar-refractivity contribution in [2.75, 3.05) is 26.4 Å². The maximum atomic E-state index is 13.0. The van der Waals surface area contributed by atoms with Crippen LogP contribution < -0.4 is 0 Å². The van der Waals surface area contributed by atoms with Crippen LogP contribution in [-0.2, 0) is 38.0 Å². The van der Waals surface area contributed by atoms with Crippen molar-refractivity contribution in [2.45, 2.75) is 210 Å². The molecule has 0 bridgehead atoms. The first-order valence-electron chi connectivity index (χ1n) is 24.5. The Balaban J connectivity index is 1.87. The van der Waals surface area contributed by atoms with E-state index in [9.17, 15) is 45.3 Å². The Morgan fingerprint density at radius 3 is 1.56 bits per heavy atom. The van der Waals surface area contributed by atoms with E-state index in [1.54, 1.807) is 0 Å². The van der Waals surface area contributed by atoms with Gasteiger partial charge in [0.2, 0.25) is 0 Å². The van der Waals surface area contributed by atoms with Crippen molar-refractivity contribution in [3.8, 4) is 0 Å². The molecule has 2 aliphatic heterocycles. The van der Waals surface area contributed by atoms with E-state index in [1.807, 2.05) is 12.2 Å². The van der Waals surface area contributed by atoms with Gasteiger partial charge in [-0.25, -0.2) is 0 Å². The zero-order valence-corrected chi connectivity index (χ0v) is 39.6. The van der Waals surface area contributed by atoms with E-state index in [2.05, 4.69) is 74.6 Å². The molecule has 2 saturated heterocycles. The van der Waals surface area contributed by atoms with Gasteiger partial charge in [-0.3, -0.25) is 9.59 Å². The van der Waals surface area contributed by atoms with Gasteiger partial charge in [0.25, 0.3) is 0 Å². The molecule has 378 valence electrons. The van der Waals surface area contributed by atoms with Gasteiger partial charge < -0.3 is 64.2 Å². The zero-order chi connectivity index (χ0) is 48.2. The van der Waals surface area contributed by atoms with Crippen LogP contribution in [0.15, 0.2) is 72.9 Å². The largest absolute Gasteiger partial charge is 0.462 e. The second-order valence-corrected chi connectivity index (χ2v) is 16.9. The fraction of sp³-hybridized carbons (Fsp3) is 0.725. The Hall–Kier alpha value is -3.06. The minimum atomic E-state index is -1.78. The lowest BCUT2D eigenvalue weighted by Crippen LogP contribution is -2.61. The molecule has 15 nitrogen and oxygen atoms in total. The molecule has 0 aromatic heterocycles. The van der Waals surface area contributed by atoms with Crippen LogP contribution >= 0.6 is 0 Å². The molecule has 2 fully saturated rings. The molecule has 11 atom stereocenters. The van der Waals surface area contributed by atoms with Gasteiger partial charge in [-0.15, -0.1) is 0 Å². The number of allylic oxidation sites excluding steroid dienone is 12. The molecular weight excluding hydrogens is 853 g/mol. The summed E-state index contributed by atoms with van der Waals surface area (Å²) in [5.41, 5.74) is 0. The van der Waals surface area contributed by atoms with Crippen molar-refractivity contribution in [3.05, 3.63) is 72.9 Å². The number of carbonyl (C=O) groups excluding carboxylic acids is 2. The molecule has 0 aromatic rings. The number of ether oxygens (including phenoxy) is 6. The Kier molecular flexibility index (Phi) is 33.9. The van der Waals surface area contributed by atoms with Gasteiger partial charge >= 0.3 is 11.9 Å². The molecule has 66 heavy (non-hydrogen) atoms. The van der Waals surface area contributed by atoms with Crippen molar-refractivity contribution < 1.29 is 73.8 Å². The van der Waals surface area contributed by atoms with Crippen LogP contribution in [0.4, 0.5) is 0 Å². The van der Waals surface area contributed by atoms with E-state index in [1.165, 1.54) is 25.7 Å². The smallest absolute Gasteiger partial charge is 0.306 e. The summed E-state index contributed by atoms with van der Waals surface area (Å²) >= 11 is 0. The quantitative estimate of drug-likeness (QED) is 0.0209.